The van der Waals surface area contributed by atoms with Crippen LogP contribution in [-0.4, -0.2) is 24.0 Å². The topological polar surface area (TPSA) is 3.24 Å². The molecule has 23 heavy (non-hydrogen) atoms. The van der Waals surface area contributed by atoms with Gasteiger partial charge in [0.15, 0.2) is 0 Å². The summed E-state index contributed by atoms with van der Waals surface area (Å²) in [7, 11) is 0. The van der Waals surface area contributed by atoms with Gasteiger partial charge in [-0.05, 0) is 66.1 Å². The van der Waals surface area contributed by atoms with Crippen molar-refractivity contribution in [1.82, 2.24) is 4.90 Å². The summed E-state index contributed by atoms with van der Waals surface area (Å²) in [5.41, 5.74) is 9.11. The molecule has 1 heteroatoms. The minimum atomic E-state index is 0.550. The van der Waals surface area contributed by atoms with Crippen molar-refractivity contribution in [2.75, 3.05) is 13.1 Å². The average molecular weight is 303 g/mol. The number of hydrogen-bond donors (Lipinski definition) is 0. The van der Waals surface area contributed by atoms with E-state index in [0.717, 1.165) is 19.4 Å². The predicted molar refractivity (Wildman–Crippen MR) is 97.6 cm³/mol. The summed E-state index contributed by atoms with van der Waals surface area (Å²) in [5.74, 6) is 0. The lowest BCUT2D eigenvalue weighted by Crippen LogP contribution is -2.27. The highest BCUT2D eigenvalue weighted by atomic mass is 15.2. The zero-order valence-corrected chi connectivity index (χ0v) is 14.2. The fourth-order valence-corrected chi connectivity index (χ4v) is 4.38. The van der Waals surface area contributed by atoms with Crippen molar-refractivity contribution in [2.24, 2.45) is 0 Å². The van der Waals surface area contributed by atoms with Gasteiger partial charge in [-0.3, -0.25) is 4.90 Å². The summed E-state index contributed by atoms with van der Waals surface area (Å²) >= 11 is 0. The van der Waals surface area contributed by atoms with Gasteiger partial charge in [-0.25, -0.2) is 0 Å². The Morgan fingerprint density at radius 3 is 1.96 bits per heavy atom. The van der Waals surface area contributed by atoms with Crippen molar-refractivity contribution in [3.05, 3.63) is 76.4 Å². The molecule has 1 fully saturated rings. The third-order valence-electron chi connectivity index (χ3n) is 5.68. The molecule has 0 amide bonds. The number of benzene rings is 2. The largest absolute Gasteiger partial charge is 0.297 e. The Labute approximate surface area is 139 Å². The molecule has 1 aliphatic heterocycles. The van der Waals surface area contributed by atoms with Gasteiger partial charge in [0.25, 0.3) is 0 Å². The summed E-state index contributed by atoms with van der Waals surface area (Å²) in [5, 5.41) is 0. The van der Waals surface area contributed by atoms with Gasteiger partial charge in [-0.2, -0.15) is 0 Å². The highest BCUT2D eigenvalue weighted by Gasteiger charge is 2.29. The third kappa shape index (κ3) is 2.44. The Hall–Kier alpha value is -1.86. The fourth-order valence-electron chi connectivity index (χ4n) is 4.38. The van der Waals surface area contributed by atoms with Gasteiger partial charge in [-0.1, -0.05) is 55.5 Å². The van der Waals surface area contributed by atoms with Gasteiger partial charge < -0.3 is 0 Å². The molecular weight excluding hydrogens is 278 g/mol. The van der Waals surface area contributed by atoms with Crippen LogP contribution >= 0.6 is 0 Å². The van der Waals surface area contributed by atoms with Gasteiger partial charge in [0.05, 0.1) is 0 Å². The number of nitrogens with zero attached hydrogens (tertiary/aromatic N) is 1. The number of likely N-dealkylation sites (tertiary alicyclic amines) is 1. The Balaban J connectivity index is 1.98. The van der Waals surface area contributed by atoms with Gasteiger partial charge in [0.2, 0.25) is 0 Å². The standard InChI is InChI=1S/C22H25N/c1-3-23-15-14-19(16(23)2)22-20-10-6-4-8-17(20)12-13-18-9-5-7-11-21(18)22/h4-11,16H,3,12-15H2,1-2H3/t16-/m0/s1. The second-order valence-corrected chi connectivity index (χ2v) is 6.77. The van der Waals surface area contributed by atoms with Gasteiger partial charge in [0, 0.05) is 12.6 Å². The van der Waals surface area contributed by atoms with Crippen LogP contribution in [0.25, 0.3) is 5.57 Å². The zero-order valence-electron chi connectivity index (χ0n) is 14.2. The second-order valence-electron chi connectivity index (χ2n) is 6.77. The number of fused-ring (bicyclic) bond motifs is 2. The van der Waals surface area contributed by atoms with E-state index in [9.17, 15) is 0 Å². The Morgan fingerprint density at radius 1 is 0.870 bits per heavy atom. The van der Waals surface area contributed by atoms with Crippen LogP contribution in [0.2, 0.25) is 0 Å². The Bertz CT molecular complexity index is 707. The molecule has 1 aliphatic carbocycles. The maximum atomic E-state index is 2.60. The molecular formula is C22H25N. The molecule has 1 saturated heterocycles. The number of rotatable bonds is 1. The van der Waals surface area contributed by atoms with E-state index in [-0.39, 0.29) is 0 Å². The van der Waals surface area contributed by atoms with Crippen LogP contribution in [0.15, 0.2) is 54.1 Å². The van der Waals surface area contributed by atoms with Crippen molar-refractivity contribution < 1.29 is 0 Å². The molecule has 0 radical (unpaired) electrons. The highest BCUT2D eigenvalue weighted by molar-refractivity contribution is 5.86. The molecule has 0 N–H and O–H groups in total. The normalized spacial score (nSPS) is 21.0. The van der Waals surface area contributed by atoms with E-state index in [1.165, 1.54) is 40.8 Å². The van der Waals surface area contributed by atoms with E-state index < -0.39 is 0 Å². The molecule has 118 valence electrons. The van der Waals surface area contributed by atoms with E-state index in [0.29, 0.717) is 6.04 Å². The van der Waals surface area contributed by atoms with E-state index in [4.69, 9.17) is 0 Å². The van der Waals surface area contributed by atoms with Crippen molar-refractivity contribution in [3.8, 4) is 0 Å². The van der Waals surface area contributed by atoms with Crippen molar-refractivity contribution in [3.63, 3.8) is 0 Å². The molecule has 0 saturated carbocycles. The maximum absolute atomic E-state index is 2.60. The minimum absolute atomic E-state index is 0.550. The molecule has 2 aromatic carbocycles. The third-order valence-corrected chi connectivity index (χ3v) is 5.68. The molecule has 1 nitrogen and oxygen atoms in total. The van der Waals surface area contributed by atoms with E-state index in [1.807, 2.05) is 0 Å². The van der Waals surface area contributed by atoms with Crippen LogP contribution in [0.4, 0.5) is 0 Å². The van der Waals surface area contributed by atoms with E-state index in [2.05, 4.69) is 67.3 Å². The molecule has 0 spiro atoms. The minimum Gasteiger partial charge on any atom is -0.297 e. The Kier molecular flexibility index (Phi) is 3.82. The van der Waals surface area contributed by atoms with Crippen LogP contribution in [0.3, 0.4) is 0 Å². The van der Waals surface area contributed by atoms with Crippen molar-refractivity contribution in [1.29, 1.82) is 0 Å². The lowest BCUT2D eigenvalue weighted by molar-refractivity contribution is 0.298. The lowest BCUT2D eigenvalue weighted by atomic mass is 9.87. The lowest BCUT2D eigenvalue weighted by Gasteiger charge is -2.22. The van der Waals surface area contributed by atoms with Crippen LogP contribution in [0, 0.1) is 0 Å². The molecule has 1 heterocycles. The first-order valence-corrected chi connectivity index (χ1v) is 8.93. The maximum Gasteiger partial charge on any atom is 0.0289 e. The Morgan fingerprint density at radius 2 is 1.43 bits per heavy atom. The first-order valence-electron chi connectivity index (χ1n) is 8.93. The molecule has 4 rings (SSSR count). The van der Waals surface area contributed by atoms with E-state index in [1.54, 1.807) is 5.57 Å². The first kappa shape index (κ1) is 14.7. The highest BCUT2D eigenvalue weighted by Crippen LogP contribution is 2.40. The summed E-state index contributed by atoms with van der Waals surface area (Å²) in [4.78, 5) is 2.60. The number of aryl methyl sites for hydroxylation is 2. The van der Waals surface area contributed by atoms with Crippen LogP contribution in [0.5, 0.6) is 0 Å². The molecule has 2 aromatic rings. The molecule has 2 aliphatic rings. The average Bonchev–Trinajstić information content (AvgIpc) is 2.87. The van der Waals surface area contributed by atoms with Gasteiger partial charge in [0.1, 0.15) is 0 Å². The van der Waals surface area contributed by atoms with Crippen LogP contribution in [-0.2, 0) is 12.8 Å². The van der Waals surface area contributed by atoms with Crippen LogP contribution < -0.4 is 0 Å². The van der Waals surface area contributed by atoms with Gasteiger partial charge in [-0.15, -0.1) is 0 Å². The van der Waals surface area contributed by atoms with Crippen molar-refractivity contribution in [2.45, 2.75) is 39.2 Å². The summed E-state index contributed by atoms with van der Waals surface area (Å²) < 4.78 is 0. The zero-order chi connectivity index (χ0) is 15.8. The molecule has 0 bridgehead atoms. The second kappa shape index (κ2) is 5.98. The molecule has 0 unspecified atom stereocenters. The number of hydrogen-bond acceptors (Lipinski definition) is 1. The monoisotopic (exact) mass is 303 g/mol. The van der Waals surface area contributed by atoms with Crippen molar-refractivity contribution >= 4 is 5.57 Å². The quantitative estimate of drug-likeness (QED) is 0.738. The summed E-state index contributed by atoms with van der Waals surface area (Å²) in [6.45, 7) is 7.00. The fraction of sp³-hybridized carbons (Fsp3) is 0.364. The van der Waals surface area contributed by atoms with Gasteiger partial charge >= 0.3 is 0 Å². The SMILES string of the molecule is CCN1CCC(=C2c3ccccc3CCc3ccccc32)[C@@H]1C. The first-order chi connectivity index (χ1) is 11.3. The summed E-state index contributed by atoms with van der Waals surface area (Å²) in [6.07, 6.45) is 3.50. The smallest absolute Gasteiger partial charge is 0.0289 e. The van der Waals surface area contributed by atoms with Crippen LogP contribution in [0.1, 0.15) is 42.5 Å². The molecule has 0 aromatic heterocycles. The van der Waals surface area contributed by atoms with E-state index >= 15 is 0 Å². The predicted octanol–water partition coefficient (Wildman–Crippen LogP) is 4.70. The molecule has 1 atom stereocenters. The number of likely N-dealkylation sites (N-methyl/N-ethyl adjacent to an activating group) is 1. The summed E-state index contributed by atoms with van der Waals surface area (Å²) in [6, 6.07) is 18.6.